The summed E-state index contributed by atoms with van der Waals surface area (Å²) in [6.45, 7) is 1.51. The normalized spacial score (nSPS) is 24.5. The molecule has 0 aromatic heterocycles. The van der Waals surface area contributed by atoms with Gasteiger partial charge in [-0.2, -0.15) is 0 Å². The highest BCUT2D eigenvalue weighted by Crippen LogP contribution is 2.42. The molecule has 12 rings (SSSR count). The predicted molar refractivity (Wildman–Crippen MR) is 315 cm³/mol. The second kappa shape index (κ2) is 29.9. The highest BCUT2D eigenvalue weighted by atomic mass is 32.2. The van der Waals surface area contributed by atoms with Crippen molar-refractivity contribution in [3.63, 3.8) is 0 Å². The lowest BCUT2D eigenvalue weighted by Gasteiger charge is -2.33. The molecule has 0 spiro atoms. The van der Waals surface area contributed by atoms with Crippen molar-refractivity contribution in [1.29, 1.82) is 0 Å². The smallest absolute Gasteiger partial charge is 0.469 e. The molecule has 4 aromatic carbocycles. The monoisotopic (exact) mass is 1320 g/mol. The first-order valence-electron chi connectivity index (χ1n) is 30.5. The van der Waals surface area contributed by atoms with Crippen LogP contribution in [0.25, 0.3) is 0 Å². The van der Waals surface area contributed by atoms with E-state index in [0.717, 1.165) is 42.1 Å². The summed E-state index contributed by atoms with van der Waals surface area (Å²) >= 11 is 0. The highest BCUT2D eigenvalue weighted by molar-refractivity contribution is 7.89. The van der Waals surface area contributed by atoms with Crippen LogP contribution in [0.1, 0.15) is 75.3 Å². The van der Waals surface area contributed by atoms with Gasteiger partial charge in [-0.1, -0.05) is 95.3 Å². The van der Waals surface area contributed by atoms with Gasteiger partial charge in [0.25, 0.3) is 20.0 Å². The average Bonchev–Trinajstić information content (AvgIpc) is 1.84. The molecule has 2 aliphatic carbocycles. The van der Waals surface area contributed by atoms with Crippen LogP contribution in [0.15, 0.2) is 107 Å². The van der Waals surface area contributed by atoms with Gasteiger partial charge in [0.05, 0.1) is 91.5 Å². The Kier molecular flexibility index (Phi) is 21.9. The number of aliphatic hydroxyl groups is 1. The van der Waals surface area contributed by atoms with Gasteiger partial charge in [0.1, 0.15) is 44.7 Å². The van der Waals surface area contributed by atoms with Crippen molar-refractivity contribution in [2.24, 2.45) is 11.8 Å². The van der Waals surface area contributed by atoms with Gasteiger partial charge in [-0.25, -0.2) is 31.0 Å². The highest BCUT2D eigenvalue weighted by Gasteiger charge is 2.47. The number of rotatable bonds is 24. The number of aliphatic hydroxyl groups excluding tert-OH is 1. The number of phosphoric ester groups is 1. The molecule has 4 saturated heterocycles. The maximum atomic E-state index is 14.2. The number of nitrogens with one attached hydrogen (secondary N) is 2. The number of amides is 2. The molecule has 0 bridgehead atoms. The third kappa shape index (κ3) is 16.9. The second-order valence-corrected chi connectivity index (χ2v) is 28.0. The van der Waals surface area contributed by atoms with E-state index in [-0.39, 0.29) is 72.4 Å². The Balaban J connectivity index is 0.000000186. The molecule has 2 unspecified atom stereocenters. The molecule has 5 N–H and O–H groups in total. The number of ether oxygens (including phenoxy) is 10. The van der Waals surface area contributed by atoms with Crippen LogP contribution in [0.5, 0.6) is 23.0 Å². The summed E-state index contributed by atoms with van der Waals surface area (Å²) in [5.74, 6) is 1.21. The SMILES string of the molecule is O=C(N[C@@H](Cc1ccccc1)[C@@H](CN(OC1CCCC1)S(=O)(=O)c1ccc2c(c1)OCCO2)OP(=O)(O)O)OC1CO[C@H]2OCC[C@@H]12.O=C(N[C@@H](Cc1ccccc1)[C@H](O)CN(OC1CCCC1)S(=O)(=O)c1ccc2c(c1)OCCO2)OC1CO[C@H]2OCC[C@@H]12. The Morgan fingerprint density at radius 2 is 0.967 bits per heavy atom. The summed E-state index contributed by atoms with van der Waals surface area (Å²) in [5, 5.41) is 17.0. The molecule has 492 valence electrons. The molecule has 2 saturated carbocycles. The molecule has 6 aliphatic heterocycles. The minimum absolute atomic E-state index is 0.0122. The second-order valence-electron chi connectivity index (χ2n) is 23.1. The molecular formula is C60H77N4O23PS2. The fourth-order valence-corrected chi connectivity index (χ4v) is 15.4. The summed E-state index contributed by atoms with van der Waals surface area (Å²) in [4.78, 5) is 58.2. The topological polar surface area (TPSA) is 331 Å². The van der Waals surface area contributed by atoms with Crippen LogP contribution >= 0.6 is 7.82 Å². The van der Waals surface area contributed by atoms with Crippen molar-refractivity contribution in [3.05, 3.63) is 108 Å². The van der Waals surface area contributed by atoms with Gasteiger partial charge in [0.2, 0.25) is 0 Å². The van der Waals surface area contributed by atoms with Crippen LogP contribution in [0, 0.1) is 11.8 Å². The van der Waals surface area contributed by atoms with Crippen molar-refractivity contribution in [1.82, 2.24) is 19.6 Å². The van der Waals surface area contributed by atoms with Crippen LogP contribution in [-0.2, 0) is 80.1 Å². The molecule has 10 atom stereocenters. The predicted octanol–water partition coefficient (Wildman–Crippen LogP) is 5.68. The number of sulfonamides is 2. The number of hydroxylamine groups is 2. The van der Waals surface area contributed by atoms with Crippen LogP contribution < -0.4 is 29.6 Å². The molecule has 2 amide bonds. The zero-order valence-electron chi connectivity index (χ0n) is 49.4. The minimum atomic E-state index is -5.24. The van der Waals surface area contributed by atoms with E-state index in [0.29, 0.717) is 92.4 Å². The Morgan fingerprint density at radius 1 is 0.544 bits per heavy atom. The third-order valence-corrected chi connectivity index (χ3v) is 20.6. The first-order chi connectivity index (χ1) is 43.4. The Hall–Kier alpha value is -5.73. The molecule has 4 aromatic rings. The van der Waals surface area contributed by atoms with Gasteiger partial charge < -0.3 is 72.9 Å². The summed E-state index contributed by atoms with van der Waals surface area (Å²) in [7, 11) is -13.9. The summed E-state index contributed by atoms with van der Waals surface area (Å²) in [6, 6.07) is 24.6. The molecule has 0 radical (unpaired) electrons. The van der Waals surface area contributed by atoms with Crippen molar-refractivity contribution < 1.29 is 107 Å². The van der Waals surface area contributed by atoms with E-state index in [1.54, 1.807) is 36.4 Å². The van der Waals surface area contributed by atoms with Crippen molar-refractivity contribution >= 4 is 40.1 Å². The quantitative estimate of drug-likeness (QED) is 0.0416. The fraction of sp³-hybridized carbons (Fsp3) is 0.567. The van der Waals surface area contributed by atoms with E-state index >= 15 is 0 Å². The number of alkyl carbamates (subject to hydrolysis) is 2. The Labute approximate surface area is 521 Å². The maximum absolute atomic E-state index is 14.2. The summed E-state index contributed by atoms with van der Waals surface area (Å²) in [6.07, 6.45) is 0.455. The van der Waals surface area contributed by atoms with Crippen LogP contribution in [-0.4, -0.2) is 180 Å². The molecular weight excluding hydrogens is 1240 g/mol. The molecule has 6 heterocycles. The van der Waals surface area contributed by atoms with Crippen LogP contribution in [0.3, 0.4) is 0 Å². The minimum Gasteiger partial charge on any atom is -0.486 e. The van der Waals surface area contributed by atoms with E-state index in [2.05, 4.69) is 10.6 Å². The first-order valence-corrected chi connectivity index (χ1v) is 34.9. The number of nitrogens with zero attached hydrogens (tertiary/aromatic N) is 2. The first kappa shape index (κ1) is 65.8. The molecule has 8 aliphatic rings. The molecule has 27 nitrogen and oxygen atoms in total. The number of phosphoric acid groups is 1. The Morgan fingerprint density at radius 3 is 1.42 bits per heavy atom. The van der Waals surface area contributed by atoms with Crippen molar-refractivity contribution in [3.8, 4) is 23.0 Å². The average molecular weight is 1320 g/mol. The van der Waals surface area contributed by atoms with E-state index in [1.165, 1.54) is 30.3 Å². The molecule has 6 fully saturated rings. The maximum Gasteiger partial charge on any atom is 0.469 e. The lowest BCUT2D eigenvalue weighted by Crippen LogP contribution is -2.52. The largest absolute Gasteiger partial charge is 0.486 e. The number of carbonyl (C=O) groups excluding carboxylic acids is 2. The summed E-state index contributed by atoms with van der Waals surface area (Å²) < 4.78 is 131. The van der Waals surface area contributed by atoms with Crippen LogP contribution in [0.4, 0.5) is 9.59 Å². The van der Waals surface area contributed by atoms with Gasteiger partial charge in [-0.3, -0.25) is 14.2 Å². The number of benzene rings is 4. The Bertz CT molecular complexity index is 3330. The zero-order chi connectivity index (χ0) is 62.8. The van der Waals surface area contributed by atoms with Gasteiger partial charge in [-0.15, -0.1) is 0 Å². The number of hydrogen-bond donors (Lipinski definition) is 5. The number of fused-ring (bicyclic) bond motifs is 4. The van der Waals surface area contributed by atoms with Gasteiger partial charge in [0, 0.05) is 12.1 Å². The summed E-state index contributed by atoms with van der Waals surface area (Å²) in [5.41, 5.74) is 1.53. The van der Waals surface area contributed by atoms with E-state index in [9.17, 15) is 45.9 Å². The zero-order valence-corrected chi connectivity index (χ0v) is 51.9. The van der Waals surface area contributed by atoms with Gasteiger partial charge in [-0.05, 0) is 86.8 Å². The fourth-order valence-electron chi connectivity index (χ4n) is 12.2. The molecule has 30 heteroatoms. The van der Waals surface area contributed by atoms with Crippen molar-refractivity contribution in [2.45, 2.75) is 148 Å². The lowest BCUT2D eigenvalue weighted by molar-refractivity contribution is -0.145. The lowest BCUT2D eigenvalue weighted by atomic mass is 10.0. The van der Waals surface area contributed by atoms with E-state index in [4.69, 9.17) is 61.6 Å². The van der Waals surface area contributed by atoms with Gasteiger partial charge >= 0.3 is 20.0 Å². The van der Waals surface area contributed by atoms with Crippen LogP contribution in [0.2, 0.25) is 0 Å². The standard InChI is InChI=1S/C30H39N2O13PS.C30H38N2O10S/c33-30(43-28-19-42-29-23(28)12-13-41-29)31-24(16-20-6-2-1-3-7-20)27(45-46(34,35)36)18-32(44-21-8-4-5-9-21)47(37,38)22-10-11-25-26(17-22)40-15-14-39-25;33-25(24(16-20-6-2-1-3-7-20)31-30(34)41-28-19-40-29-23(28)12-13-39-29)18-32(42-21-8-4-5-9-21)43(35,36)22-10-11-26-27(17-22)38-15-14-37-26/h1-3,6-7,10-11,17,21,23-24,27-29H,4-5,8-9,12-16,18-19H2,(H,31,33)(H2,34,35,36);1-3,6-7,10-11,17,21,23-25,28-29,33H,4-5,8-9,12-16,18-19H2,(H,31,34)/t23-,24-,27+,28?,29+;23-,24-,25+,28?,29+/m00/s1. The number of carbonyl (C=O) groups is 2. The molecule has 90 heavy (non-hydrogen) atoms. The number of hydrogen-bond acceptors (Lipinski definition) is 21. The van der Waals surface area contributed by atoms with E-state index < -0.39 is 102 Å². The van der Waals surface area contributed by atoms with E-state index in [1.807, 2.05) is 30.3 Å². The van der Waals surface area contributed by atoms with Gasteiger partial charge in [0.15, 0.2) is 35.6 Å². The van der Waals surface area contributed by atoms with Crippen molar-refractivity contribution in [2.75, 3.05) is 65.9 Å². The third-order valence-electron chi connectivity index (χ3n) is 16.8.